The number of carbonyl (C=O) groups excluding carboxylic acids is 2. The number of hydrogen-bond donors (Lipinski definition) is 1. The van der Waals surface area contributed by atoms with Crippen LogP contribution in [0.3, 0.4) is 0 Å². The van der Waals surface area contributed by atoms with E-state index in [4.69, 9.17) is 4.74 Å². The minimum atomic E-state index is -0.334. The van der Waals surface area contributed by atoms with Gasteiger partial charge < -0.3 is 19.6 Å². The lowest BCUT2D eigenvalue weighted by Gasteiger charge is -2.35. The van der Waals surface area contributed by atoms with Crippen molar-refractivity contribution in [1.29, 1.82) is 0 Å². The van der Waals surface area contributed by atoms with Crippen LogP contribution >= 0.6 is 0 Å². The van der Waals surface area contributed by atoms with Crippen molar-refractivity contribution in [2.24, 2.45) is 5.92 Å². The van der Waals surface area contributed by atoms with Crippen molar-refractivity contribution in [3.63, 3.8) is 0 Å². The standard InChI is InChI=1S/C23H33N5O4/c1-17-12-28(18(2)15-29)22(30)10-7-11-27-13-20(24-25-27)16-32-21(17)14-26(3)23(31)19-8-5-4-6-9-19/h4-6,8-9,13,17-18,21,29H,7,10-12,14-16H2,1-3H3/t17-,18+,21+/m1/s1. The minimum absolute atomic E-state index is 0.00884. The van der Waals surface area contributed by atoms with Gasteiger partial charge in [0.2, 0.25) is 5.91 Å². The van der Waals surface area contributed by atoms with E-state index in [1.807, 2.05) is 38.2 Å². The number of carbonyl (C=O) groups is 2. The second kappa shape index (κ2) is 11.2. The summed E-state index contributed by atoms with van der Waals surface area (Å²) in [6.07, 6.45) is 2.50. The molecule has 9 nitrogen and oxygen atoms in total. The molecule has 1 aromatic heterocycles. The van der Waals surface area contributed by atoms with Crippen molar-refractivity contribution < 1.29 is 19.4 Å². The van der Waals surface area contributed by atoms with Gasteiger partial charge in [0.05, 0.1) is 31.6 Å². The molecule has 3 atom stereocenters. The summed E-state index contributed by atoms with van der Waals surface area (Å²) in [5.41, 5.74) is 1.33. The molecule has 2 amide bonds. The molecule has 2 bridgehead atoms. The third-order valence-corrected chi connectivity index (χ3v) is 5.87. The number of rotatable bonds is 5. The third-order valence-electron chi connectivity index (χ3n) is 5.87. The van der Waals surface area contributed by atoms with Gasteiger partial charge in [-0.05, 0) is 25.5 Å². The van der Waals surface area contributed by atoms with Crippen LogP contribution in [0.15, 0.2) is 36.5 Å². The normalized spacial score (nSPS) is 21.2. The van der Waals surface area contributed by atoms with Gasteiger partial charge >= 0.3 is 0 Å². The summed E-state index contributed by atoms with van der Waals surface area (Å²) in [6, 6.07) is 8.82. The van der Waals surface area contributed by atoms with E-state index in [1.165, 1.54) is 0 Å². The van der Waals surface area contributed by atoms with Crippen LogP contribution in [0.2, 0.25) is 0 Å². The first-order valence-corrected chi connectivity index (χ1v) is 11.1. The van der Waals surface area contributed by atoms with Gasteiger partial charge in [0, 0.05) is 44.6 Å². The molecule has 174 valence electrons. The Morgan fingerprint density at radius 1 is 1.34 bits per heavy atom. The van der Waals surface area contributed by atoms with E-state index in [-0.39, 0.29) is 43.1 Å². The highest BCUT2D eigenvalue weighted by molar-refractivity contribution is 5.94. The minimum Gasteiger partial charge on any atom is -0.394 e. The molecule has 0 fully saturated rings. The summed E-state index contributed by atoms with van der Waals surface area (Å²) < 4.78 is 7.92. The number of aryl methyl sites for hydroxylation is 1. The molecule has 0 saturated carbocycles. The zero-order chi connectivity index (χ0) is 23.1. The predicted molar refractivity (Wildman–Crippen MR) is 119 cm³/mol. The van der Waals surface area contributed by atoms with E-state index in [1.54, 1.807) is 33.7 Å². The number of hydrogen-bond acceptors (Lipinski definition) is 6. The van der Waals surface area contributed by atoms with Gasteiger partial charge in [-0.25, -0.2) is 0 Å². The number of aliphatic hydroxyl groups excluding tert-OH is 1. The molecule has 3 rings (SSSR count). The molecule has 0 aliphatic carbocycles. The Morgan fingerprint density at radius 2 is 2.09 bits per heavy atom. The van der Waals surface area contributed by atoms with Crippen LogP contribution < -0.4 is 0 Å². The first-order chi connectivity index (χ1) is 15.4. The highest BCUT2D eigenvalue weighted by Crippen LogP contribution is 2.18. The Bertz CT molecular complexity index is 888. The molecule has 32 heavy (non-hydrogen) atoms. The summed E-state index contributed by atoms with van der Waals surface area (Å²) >= 11 is 0. The maximum absolute atomic E-state index is 12.9. The average molecular weight is 444 g/mol. The summed E-state index contributed by atoms with van der Waals surface area (Å²) in [5.74, 6) is -0.174. The molecule has 0 radical (unpaired) electrons. The quantitative estimate of drug-likeness (QED) is 0.753. The molecule has 0 unspecified atom stereocenters. The van der Waals surface area contributed by atoms with Gasteiger partial charge in [-0.1, -0.05) is 30.3 Å². The molecule has 2 heterocycles. The SMILES string of the molecule is C[C@@H]1CN([C@@H](C)CO)C(=O)CCCn2cc(nn2)CO[C@H]1CN(C)C(=O)c1ccccc1. The van der Waals surface area contributed by atoms with Crippen molar-refractivity contribution in [1.82, 2.24) is 24.8 Å². The van der Waals surface area contributed by atoms with Crippen LogP contribution in [0.25, 0.3) is 0 Å². The zero-order valence-corrected chi connectivity index (χ0v) is 19.1. The maximum Gasteiger partial charge on any atom is 0.253 e. The van der Waals surface area contributed by atoms with Crippen LogP contribution in [0.5, 0.6) is 0 Å². The molecule has 2 aromatic rings. The van der Waals surface area contributed by atoms with Crippen molar-refractivity contribution in [2.75, 3.05) is 26.7 Å². The first kappa shape index (κ1) is 23.9. The molecule has 1 aromatic carbocycles. The van der Waals surface area contributed by atoms with Crippen molar-refractivity contribution >= 4 is 11.8 Å². The molecule has 0 saturated heterocycles. The van der Waals surface area contributed by atoms with E-state index >= 15 is 0 Å². The number of ether oxygens (including phenoxy) is 1. The number of fused-ring (bicyclic) bond motifs is 2. The van der Waals surface area contributed by atoms with Crippen molar-refractivity contribution in [2.45, 2.75) is 52.0 Å². The number of benzene rings is 1. The molecule has 1 N–H and O–H groups in total. The van der Waals surface area contributed by atoms with Crippen LogP contribution in [0, 0.1) is 5.92 Å². The van der Waals surface area contributed by atoms with Gasteiger partial charge in [0.15, 0.2) is 0 Å². The van der Waals surface area contributed by atoms with Gasteiger partial charge in [-0.3, -0.25) is 14.3 Å². The number of nitrogens with zero attached hydrogens (tertiary/aromatic N) is 5. The van der Waals surface area contributed by atoms with Crippen molar-refractivity contribution in [3.05, 3.63) is 47.8 Å². The van der Waals surface area contributed by atoms with Crippen molar-refractivity contribution in [3.8, 4) is 0 Å². The molecule has 1 aliphatic rings. The van der Waals surface area contributed by atoms with Crippen LogP contribution in [-0.2, 0) is 22.7 Å². The second-order valence-corrected chi connectivity index (χ2v) is 8.53. The fourth-order valence-electron chi connectivity index (χ4n) is 3.85. The fraction of sp³-hybridized carbons (Fsp3) is 0.565. The lowest BCUT2D eigenvalue weighted by Crippen LogP contribution is -2.47. The number of aromatic nitrogens is 3. The molecule has 9 heteroatoms. The summed E-state index contributed by atoms with van der Waals surface area (Å²) in [5, 5.41) is 18.0. The number of amides is 2. The molecular formula is C23H33N5O4. The lowest BCUT2D eigenvalue weighted by molar-refractivity contribution is -0.136. The monoisotopic (exact) mass is 443 g/mol. The predicted octanol–water partition coefficient (Wildman–Crippen LogP) is 1.57. The van der Waals surface area contributed by atoms with E-state index in [0.29, 0.717) is 43.7 Å². The van der Waals surface area contributed by atoms with Gasteiger partial charge in [-0.2, -0.15) is 0 Å². The second-order valence-electron chi connectivity index (χ2n) is 8.53. The maximum atomic E-state index is 12.9. The topological polar surface area (TPSA) is 101 Å². The Hall–Kier alpha value is -2.78. The summed E-state index contributed by atoms with van der Waals surface area (Å²) in [4.78, 5) is 29.2. The summed E-state index contributed by atoms with van der Waals surface area (Å²) in [7, 11) is 1.75. The molecule has 0 spiro atoms. The van der Waals surface area contributed by atoms with Gasteiger partial charge in [0.25, 0.3) is 5.91 Å². The Morgan fingerprint density at radius 3 is 2.81 bits per heavy atom. The van der Waals surface area contributed by atoms with Gasteiger partial charge in [0.1, 0.15) is 5.69 Å². The highest BCUT2D eigenvalue weighted by atomic mass is 16.5. The lowest BCUT2D eigenvalue weighted by atomic mass is 10.0. The third kappa shape index (κ3) is 6.14. The van der Waals surface area contributed by atoms with E-state index in [0.717, 1.165) is 0 Å². The smallest absolute Gasteiger partial charge is 0.253 e. The van der Waals surface area contributed by atoms with E-state index in [9.17, 15) is 14.7 Å². The molecular weight excluding hydrogens is 410 g/mol. The average Bonchev–Trinajstić information content (AvgIpc) is 3.26. The largest absolute Gasteiger partial charge is 0.394 e. The van der Waals surface area contributed by atoms with Gasteiger partial charge in [-0.15, -0.1) is 5.10 Å². The zero-order valence-electron chi connectivity index (χ0n) is 19.1. The first-order valence-electron chi connectivity index (χ1n) is 11.1. The highest BCUT2D eigenvalue weighted by Gasteiger charge is 2.29. The Labute approximate surface area is 189 Å². The Balaban J connectivity index is 1.80. The van der Waals surface area contributed by atoms with E-state index < -0.39 is 0 Å². The van der Waals surface area contributed by atoms with E-state index in [2.05, 4.69) is 10.3 Å². The molecule has 1 aliphatic heterocycles. The summed E-state index contributed by atoms with van der Waals surface area (Å²) in [6.45, 7) is 5.39. The van der Waals surface area contributed by atoms with Crippen LogP contribution in [0.4, 0.5) is 0 Å². The fourth-order valence-corrected chi connectivity index (χ4v) is 3.85. The number of likely N-dealkylation sites (N-methyl/N-ethyl adjacent to an activating group) is 1. The Kier molecular flexibility index (Phi) is 8.35. The number of aliphatic hydroxyl groups is 1. The van der Waals surface area contributed by atoms with Crippen LogP contribution in [-0.4, -0.2) is 80.6 Å². The van der Waals surface area contributed by atoms with Crippen LogP contribution in [0.1, 0.15) is 42.7 Å².